The van der Waals surface area contributed by atoms with E-state index in [2.05, 4.69) is 21.2 Å². The summed E-state index contributed by atoms with van der Waals surface area (Å²) in [6.07, 6.45) is 2.30. The minimum atomic E-state index is -0.199. The van der Waals surface area contributed by atoms with E-state index in [4.69, 9.17) is 0 Å². The Bertz CT molecular complexity index is 441. The number of alkyl halides is 1. The van der Waals surface area contributed by atoms with Crippen LogP contribution in [0.25, 0.3) is 0 Å². The number of carbonyl (C=O) groups is 1. The van der Waals surface area contributed by atoms with Crippen LogP contribution in [0, 0.1) is 12.3 Å². The lowest BCUT2D eigenvalue weighted by molar-refractivity contribution is 0.0944. The molecule has 0 heterocycles. The molecule has 1 aromatic carbocycles. The monoisotopic (exact) mass is 297 g/mol. The maximum absolute atomic E-state index is 11.9. The third kappa shape index (κ3) is 2.80. The van der Waals surface area contributed by atoms with Gasteiger partial charge < -0.3 is 10.4 Å². The lowest BCUT2D eigenvalue weighted by Gasteiger charge is -2.13. The lowest BCUT2D eigenvalue weighted by Crippen LogP contribution is -2.30. The smallest absolute Gasteiger partial charge is 0.255 e. The number of nitrogens with one attached hydrogen (secondary N) is 1. The molecule has 0 unspecified atom stereocenters. The molecule has 1 fully saturated rings. The molecule has 1 aromatic rings. The number of rotatable bonds is 4. The van der Waals surface area contributed by atoms with Crippen molar-refractivity contribution >= 4 is 21.8 Å². The average Bonchev–Trinajstić information content (AvgIpc) is 3.07. The summed E-state index contributed by atoms with van der Waals surface area (Å²) in [6, 6.07) is 5.09. The Labute approximate surface area is 109 Å². The van der Waals surface area contributed by atoms with Crippen LogP contribution in [0.5, 0.6) is 5.75 Å². The summed E-state index contributed by atoms with van der Waals surface area (Å²) >= 11 is 3.46. The van der Waals surface area contributed by atoms with Gasteiger partial charge in [0, 0.05) is 11.9 Å². The third-order valence-electron chi connectivity index (χ3n) is 3.26. The highest BCUT2D eigenvalue weighted by molar-refractivity contribution is 9.09. The number of benzene rings is 1. The largest absolute Gasteiger partial charge is 0.507 e. The lowest BCUT2D eigenvalue weighted by atomic mass is 10.1. The van der Waals surface area contributed by atoms with Gasteiger partial charge in [-0.1, -0.05) is 22.0 Å². The van der Waals surface area contributed by atoms with Crippen LogP contribution < -0.4 is 5.32 Å². The quantitative estimate of drug-likeness (QED) is 0.840. The molecule has 0 saturated heterocycles. The van der Waals surface area contributed by atoms with Gasteiger partial charge in [0.1, 0.15) is 5.75 Å². The van der Waals surface area contributed by atoms with E-state index >= 15 is 0 Å². The topological polar surface area (TPSA) is 49.3 Å². The fourth-order valence-corrected chi connectivity index (χ4v) is 2.49. The molecule has 1 aliphatic carbocycles. The van der Waals surface area contributed by atoms with Crippen LogP contribution in [0.3, 0.4) is 0 Å². The first-order chi connectivity index (χ1) is 8.06. The van der Waals surface area contributed by atoms with Gasteiger partial charge in [0.2, 0.25) is 0 Å². The second kappa shape index (κ2) is 4.69. The van der Waals surface area contributed by atoms with Gasteiger partial charge in [-0.2, -0.15) is 0 Å². The molecule has 1 saturated carbocycles. The van der Waals surface area contributed by atoms with Crippen molar-refractivity contribution in [3.8, 4) is 5.75 Å². The molecule has 1 aliphatic rings. The number of carbonyl (C=O) groups excluding carboxylic acids is 1. The van der Waals surface area contributed by atoms with E-state index in [0.717, 1.165) is 23.7 Å². The van der Waals surface area contributed by atoms with Gasteiger partial charge in [-0.3, -0.25) is 4.79 Å². The van der Waals surface area contributed by atoms with Gasteiger partial charge >= 0.3 is 0 Å². The number of phenols is 1. The van der Waals surface area contributed by atoms with E-state index in [0.29, 0.717) is 12.1 Å². The van der Waals surface area contributed by atoms with Crippen LogP contribution in [0.1, 0.15) is 28.8 Å². The van der Waals surface area contributed by atoms with E-state index in [1.807, 2.05) is 13.0 Å². The molecule has 2 rings (SSSR count). The van der Waals surface area contributed by atoms with E-state index in [1.54, 1.807) is 12.1 Å². The van der Waals surface area contributed by atoms with Crippen molar-refractivity contribution < 1.29 is 9.90 Å². The number of aryl methyl sites for hydroxylation is 1. The molecule has 0 aliphatic heterocycles. The van der Waals surface area contributed by atoms with Crippen LogP contribution in [0.4, 0.5) is 0 Å². The number of amides is 1. The van der Waals surface area contributed by atoms with Crippen molar-refractivity contribution in [2.45, 2.75) is 19.8 Å². The van der Waals surface area contributed by atoms with Gasteiger partial charge in [-0.15, -0.1) is 0 Å². The Morgan fingerprint density at radius 2 is 2.24 bits per heavy atom. The number of hydrogen-bond acceptors (Lipinski definition) is 2. The Kier molecular flexibility index (Phi) is 3.43. The zero-order chi connectivity index (χ0) is 12.5. The number of halogens is 1. The molecular weight excluding hydrogens is 282 g/mol. The van der Waals surface area contributed by atoms with Crippen molar-refractivity contribution in [1.82, 2.24) is 5.32 Å². The van der Waals surface area contributed by atoms with Gasteiger partial charge in [0.15, 0.2) is 0 Å². The highest BCUT2D eigenvalue weighted by Crippen LogP contribution is 2.46. The van der Waals surface area contributed by atoms with Crippen LogP contribution in [-0.4, -0.2) is 22.9 Å². The second-order valence-electron chi connectivity index (χ2n) is 4.84. The Morgan fingerprint density at radius 3 is 2.76 bits per heavy atom. The van der Waals surface area contributed by atoms with Crippen molar-refractivity contribution in [1.29, 1.82) is 0 Å². The third-order valence-corrected chi connectivity index (χ3v) is 4.45. The minimum Gasteiger partial charge on any atom is -0.507 e. The SMILES string of the molecule is Cc1ccc(C(=O)NCC2(CBr)CC2)c(O)c1. The fourth-order valence-electron chi connectivity index (χ4n) is 1.73. The summed E-state index contributed by atoms with van der Waals surface area (Å²) in [5, 5.41) is 13.5. The molecule has 0 bridgehead atoms. The van der Waals surface area contributed by atoms with Crippen molar-refractivity contribution in [3.63, 3.8) is 0 Å². The van der Waals surface area contributed by atoms with E-state index in [1.165, 1.54) is 0 Å². The molecular formula is C13H16BrNO2. The van der Waals surface area contributed by atoms with Crippen molar-refractivity contribution in [2.75, 3.05) is 11.9 Å². The first kappa shape index (κ1) is 12.4. The standard InChI is InChI=1S/C13H16BrNO2/c1-9-2-3-10(11(16)6-9)12(17)15-8-13(7-14)4-5-13/h2-3,6,16H,4-5,7-8H2,1H3,(H,15,17). The molecule has 17 heavy (non-hydrogen) atoms. The van der Waals surface area contributed by atoms with Gasteiger partial charge in [-0.05, 0) is 42.9 Å². The first-order valence-electron chi connectivity index (χ1n) is 5.70. The Balaban J connectivity index is 2.00. The minimum absolute atomic E-state index is 0.0474. The van der Waals surface area contributed by atoms with Crippen LogP contribution in [-0.2, 0) is 0 Å². The molecule has 0 radical (unpaired) electrons. The highest BCUT2D eigenvalue weighted by atomic mass is 79.9. The van der Waals surface area contributed by atoms with Gasteiger partial charge in [0.05, 0.1) is 5.56 Å². The van der Waals surface area contributed by atoms with E-state index in [9.17, 15) is 9.90 Å². The first-order valence-corrected chi connectivity index (χ1v) is 6.82. The molecule has 1 amide bonds. The van der Waals surface area contributed by atoms with E-state index < -0.39 is 0 Å². The average molecular weight is 298 g/mol. The molecule has 92 valence electrons. The molecule has 4 heteroatoms. The summed E-state index contributed by atoms with van der Waals surface area (Å²) in [4.78, 5) is 11.9. The molecule has 0 spiro atoms. The number of hydrogen-bond donors (Lipinski definition) is 2. The van der Waals surface area contributed by atoms with Crippen LogP contribution in [0.15, 0.2) is 18.2 Å². The Morgan fingerprint density at radius 1 is 1.53 bits per heavy atom. The predicted octanol–water partition coefficient (Wildman–Crippen LogP) is 2.61. The molecule has 3 nitrogen and oxygen atoms in total. The van der Waals surface area contributed by atoms with Crippen molar-refractivity contribution in [2.24, 2.45) is 5.41 Å². The number of phenolic OH excluding ortho intramolecular Hbond substituents is 1. The maximum Gasteiger partial charge on any atom is 0.255 e. The summed E-state index contributed by atoms with van der Waals surface area (Å²) < 4.78 is 0. The van der Waals surface area contributed by atoms with Crippen LogP contribution in [0.2, 0.25) is 0 Å². The van der Waals surface area contributed by atoms with Gasteiger partial charge in [-0.25, -0.2) is 0 Å². The van der Waals surface area contributed by atoms with Gasteiger partial charge in [0.25, 0.3) is 5.91 Å². The van der Waals surface area contributed by atoms with Crippen molar-refractivity contribution in [3.05, 3.63) is 29.3 Å². The molecule has 0 aromatic heterocycles. The highest BCUT2D eigenvalue weighted by Gasteiger charge is 2.41. The van der Waals surface area contributed by atoms with E-state index in [-0.39, 0.29) is 17.1 Å². The summed E-state index contributed by atoms with van der Waals surface area (Å²) in [7, 11) is 0. The molecule has 0 atom stereocenters. The Hall–Kier alpha value is -1.03. The molecule has 2 N–H and O–H groups in total. The summed E-state index contributed by atoms with van der Waals surface area (Å²) in [5.74, 6) is -0.152. The fraction of sp³-hybridized carbons (Fsp3) is 0.462. The van der Waals surface area contributed by atoms with Crippen LogP contribution >= 0.6 is 15.9 Å². The normalized spacial score (nSPS) is 16.6. The zero-order valence-corrected chi connectivity index (χ0v) is 11.4. The number of aromatic hydroxyl groups is 1. The second-order valence-corrected chi connectivity index (χ2v) is 5.40. The summed E-state index contributed by atoms with van der Waals surface area (Å²) in [5.41, 5.74) is 1.54. The summed E-state index contributed by atoms with van der Waals surface area (Å²) in [6.45, 7) is 2.55. The predicted molar refractivity (Wildman–Crippen MR) is 70.6 cm³/mol. The zero-order valence-electron chi connectivity index (χ0n) is 9.79. The maximum atomic E-state index is 11.9.